The van der Waals surface area contributed by atoms with Gasteiger partial charge in [0.15, 0.2) is 0 Å². The van der Waals surface area contributed by atoms with Crippen LogP contribution >= 0.6 is 0 Å². The molecule has 1 nitrogen and oxygen atoms in total. The fraction of sp³-hybridized carbons (Fsp3) is 0.429. The Balaban J connectivity index is 2.24. The van der Waals surface area contributed by atoms with Crippen molar-refractivity contribution in [1.29, 1.82) is 0 Å². The van der Waals surface area contributed by atoms with Crippen molar-refractivity contribution in [3.05, 3.63) is 52.3 Å². The first-order valence-corrected chi connectivity index (χ1v) is 8.58. The molecule has 0 saturated heterocycles. The Labute approximate surface area is 138 Å². The molecule has 1 aliphatic carbocycles. The zero-order valence-electron chi connectivity index (χ0n) is 14.5. The Bertz CT molecular complexity index is 731. The van der Waals surface area contributed by atoms with Crippen LogP contribution in [0, 0.1) is 5.82 Å². The molecule has 2 aromatic carbocycles. The van der Waals surface area contributed by atoms with E-state index in [1.54, 1.807) is 7.11 Å². The van der Waals surface area contributed by atoms with Gasteiger partial charge in [0.1, 0.15) is 11.6 Å². The van der Waals surface area contributed by atoms with Crippen LogP contribution in [0.1, 0.15) is 55.4 Å². The van der Waals surface area contributed by atoms with Crippen molar-refractivity contribution in [2.45, 2.75) is 52.4 Å². The summed E-state index contributed by atoms with van der Waals surface area (Å²) in [4.78, 5) is 0. The number of hydrogen-bond acceptors (Lipinski definition) is 1. The maximum atomic E-state index is 14.3. The monoisotopic (exact) mass is 312 g/mol. The van der Waals surface area contributed by atoms with E-state index < -0.39 is 0 Å². The second-order valence-electron chi connectivity index (χ2n) is 6.67. The molecule has 0 radical (unpaired) electrons. The van der Waals surface area contributed by atoms with Crippen LogP contribution in [0.25, 0.3) is 11.1 Å². The Kier molecular flexibility index (Phi) is 4.43. The molecule has 0 heterocycles. The SMILES string of the molecule is CCc1c(-c2cc(C(C)C)c(F)cc2OC)ccc2c1CCC2. The van der Waals surface area contributed by atoms with Gasteiger partial charge in [0, 0.05) is 11.6 Å². The second kappa shape index (κ2) is 6.35. The van der Waals surface area contributed by atoms with Crippen molar-refractivity contribution in [3.8, 4) is 16.9 Å². The number of halogens is 1. The van der Waals surface area contributed by atoms with Crippen molar-refractivity contribution in [2.24, 2.45) is 0 Å². The van der Waals surface area contributed by atoms with Crippen LogP contribution in [0.3, 0.4) is 0 Å². The van der Waals surface area contributed by atoms with Crippen molar-refractivity contribution in [2.75, 3.05) is 7.11 Å². The number of rotatable bonds is 4. The van der Waals surface area contributed by atoms with E-state index in [1.165, 1.54) is 41.2 Å². The van der Waals surface area contributed by atoms with E-state index in [0.717, 1.165) is 24.0 Å². The summed E-state index contributed by atoms with van der Waals surface area (Å²) in [6, 6.07) is 7.96. The highest BCUT2D eigenvalue weighted by atomic mass is 19.1. The van der Waals surface area contributed by atoms with Gasteiger partial charge in [-0.25, -0.2) is 4.39 Å². The first-order valence-electron chi connectivity index (χ1n) is 8.58. The molecule has 0 fully saturated rings. The molecule has 0 aromatic heterocycles. The van der Waals surface area contributed by atoms with E-state index in [1.807, 2.05) is 19.9 Å². The van der Waals surface area contributed by atoms with Gasteiger partial charge in [-0.15, -0.1) is 0 Å². The molecule has 0 bridgehead atoms. The Morgan fingerprint density at radius 3 is 2.57 bits per heavy atom. The second-order valence-corrected chi connectivity index (χ2v) is 6.67. The molecule has 0 saturated carbocycles. The quantitative estimate of drug-likeness (QED) is 0.706. The third-order valence-electron chi connectivity index (χ3n) is 4.99. The molecule has 0 N–H and O–H groups in total. The molecule has 0 unspecified atom stereocenters. The van der Waals surface area contributed by atoms with Crippen molar-refractivity contribution in [1.82, 2.24) is 0 Å². The fourth-order valence-corrected chi connectivity index (χ4v) is 3.79. The molecule has 0 amide bonds. The van der Waals surface area contributed by atoms with Gasteiger partial charge in [-0.1, -0.05) is 32.9 Å². The lowest BCUT2D eigenvalue weighted by atomic mass is 9.89. The molecular weight excluding hydrogens is 287 g/mol. The minimum absolute atomic E-state index is 0.152. The number of aryl methyl sites for hydroxylation is 1. The Morgan fingerprint density at radius 2 is 1.91 bits per heavy atom. The van der Waals surface area contributed by atoms with Gasteiger partial charge >= 0.3 is 0 Å². The number of fused-ring (bicyclic) bond motifs is 1. The molecule has 1 aliphatic rings. The first-order chi connectivity index (χ1) is 11.1. The van der Waals surface area contributed by atoms with Crippen LogP contribution in [0.15, 0.2) is 24.3 Å². The summed E-state index contributed by atoms with van der Waals surface area (Å²) in [5.41, 5.74) is 7.36. The number of benzene rings is 2. The largest absolute Gasteiger partial charge is 0.496 e. The molecule has 122 valence electrons. The van der Waals surface area contributed by atoms with Crippen molar-refractivity contribution >= 4 is 0 Å². The molecule has 0 atom stereocenters. The van der Waals surface area contributed by atoms with Crippen LogP contribution in [0.4, 0.5) is 4.39 Å². The van der Waals surface area contributed by atoms with E-state index in [9.17, 15) is 4.39 Å². The maximum Gasteiger partial charge on any atom is 0.130 e. The lowest BCUT2D eigenvalue weighted by Crippen LogP contribution is -2.01. The normalized spacial score (nSPS) is 13.5. The predicted octanol–water partition coefficient (Wildman–Crippen LogP) is 5.68. The number of ether oxygens (including phenoxy) is 1. The standard InChI is InChI=1S/C21H25FO/c1-5-15-16-8-6-7-14(16)9-10-17(15)19-11-18(13(2)3)20(22)12-21(19)23-4/h9-13H,5-8H2,1-4H3. The predicted molar refractivity (Wildman–Crippen MR) is 93.9 cm³/mol. The summed E-state index contributed by atoms with van der Waals surface area (Å²) in [6.07, 6.45) is 4.58. The summed E-state index contributed by atoms with van der Waals surface area (Å²) in [7, 11) is 1.62. The zero-order valence-corrected chi connectivity index (χ0v) is 14.5. The van der Waals surface area contributed by atoms with E-state index >= 15 is 0 Å². The average Bonchev–Trinajstić information content (AvgIpc) is 3.01. The molecular formula is C21H25FO. The Hall–Kier alpha value is -1.83. The highest BCUT2D eigenvalue weighted by Gasteiger charge is 2.21. The van der Waals surface area contributed by atoms with E-state index in [-0.39, 0.29) is 11.7 Å². The smallest absolute Gasteiger partial charge is 0.130 e. The minimum Gasteiger partial charge on any atom is -0.496 e. The first kappa shape index (κ1) is 16.0. The molecule has 3 rings (SSSR count). The van der Waals surface area contributed by atoms with E-state index in [0.29, 0.717) is 5.75 Å². The topological polar surface area (TPSA) is 9.23 Å². The third kappa shape index (κ3) is 2.75. The van der Waals surface area contributed by atoms with Gasteiger partial charge < -0.3 is 4.74 Å². The summed E-state index contributed by atoms with van der Waals surface area (Å²) in [5.74, 6) is 0.596. The van der Waals surface area contributed by atoms with Crippen LogP contribution in [-0.4, -0.2) is 7.11 Å². The fourth-order valence-electron chi connectivity index (χ4n) is 3.79. The molecule has 2 aromatic rings. The van der Waals surface area contributed by atoms with Crippen LogP contribution in [0.2, 0.25) is 0 Å². The lowest BCUT2D eigenvalue weighted by Gasteiger charge is -2.18. The summed E-state index contributed by atoms with van der Waals surface area (Å²) in [6.45, 7) is 6.26. The van der Waals surface area contributed by atoms with Gasteiger partial charge in [-0.05, 0) is 65.5 Å². The third-order valence-corrected chi connectivity index (χ3v) is 4.99. The summed E-state index contributed by atoms with van der Waals surface area (Å²) < 4.78 is 19.8. The molecule has 2 heteroatoms. The highest BCUT2D eigenvalue weighted by Crippen LogP contribution is 2.40. The molecule has 0 aliphatic heterocycles. The maximum absolute atomic E-state index is 14.3. The van der Waals surface area contributed by atoms with Gasteiger partial charge in [-0.3, -0.25) is 0 Å². The van der Waals surface area contributed by atoms with E-state index in [2.05, 4.69) is 19.1 Å². The highest BCUT2D eigenvalue weighted by molar-refractivity contribution is 5.76. The van der Waals surface area contributed by atoms with Crippen LogP contribution in [0.5, 0.6) is 5.75 Å². The van der Waals surface area contributed by atoms with Gasteiger partial charge in [0.25, 0.3) is 0 Å². The lowest BCUT2D eigenvalue weighted by molar-refractivity contribution is 0.412. The van der Waals surface area contributed by atoms with Gasteiger partial charge in [0.05, 0.1) is 7.11 Å². The number of methoxy groups -OCH3 is 1. The molecule has 0 spiro atoms. The van der Waals surface area contributed by atoms with Gasteiger partial charge in [-0.2, -0.15) is 0 Å². The minimum atomic E-state index is -0.181. The zero-order chi connectivity index (χ0) is 16.6. The summed E-state index contributed by atoms with van der Waals surface area (Å²) in [5, 5.41) is 0. The van der Waals surface area contributed by atoms with Crippen LogP contribution in [-0.2, 0) is 19.3 Å². The van der Waals surface area contributed by atoms with Crippen molar-refractivity contribution in [3.63, 3.8) is 0 Å². The van der Waals surface area contributed by atoms with E-state index in [4.69, 9.17) is 4.74 Å². The van der Waals surface area contributed by atoms with Crippen molar-refractivity contribution < 1.29 is 9.13 Å². The molecule has 23 heavy (non-hydrogen) atoms. The van der Waals surface area contributed by atoms with Crippen LogP contribution < -0.4 is 4.74 Å². The van der Waals surface area contributed by atoms with Gasteiger partial charge in [0.2, 0.25) is 0 Å². The number of hydrogen-bond donors (Lipinski definition) is 0. The Morgan fingerprint density at radius 1 is 1.13 bits per heavy atom. The summed E-state index contributed by atoms with van der Waals surface area (Å²) >= 11 is 0. The average molecular weight is 312 g/mol.